The minimum atomic E-state index is 0.374. The number of rotatable bonds is 3. The molecule has 0 saturated carbocycles. The SMILES string of the molecule is CC1(C)CC(c2ccccc2)=CCC1CCN. The summed E-state index contributed by atoms with van der Waals surface area (Å²) >= 11 is 0. The van der Waals surface area contributed by atoms with E-state index in [-0.39, 0.29) is 0 Å². The van der Waals surface area contributed by atoms with Crippen molar-refractivity contribution < 1.29 is 0 Å². The summed E-state index contributed by atoms with van der Waals surface area (Å²) in [7, 11) is 0. The van der Waals surface area contributed by atoms with Gasteiger partial charge < -0.3 is 5.73 Å². The van der Waals surface area contributed by atoms with Crippen molar-refractivity contribution in [2.75, 3.05) is 6.54 Å². The van der Waals surface area contributed by atoms with Gasteiger partial charge in [-0.3, -0.25) is 0 Å². The van der Waals surface area contributed by atoms with E-state index >= 15 is 0 Å². The van der Waals surface area contributed by atoms with E-state index in [1.807, 2.05) is 0 Å². The van der Waals surface area contributed by atoms with Crippen molar-refractivity contribution in [2.45, 2.75) is 33.1 Å². The lowest BCUT2D eigenvalue weighted by atomic mass is 9.67. The van der Waals surface area contributed by atoms with Crippen molar-refractivity contribution in [3.05, 3.63) is 42.0 Å². The van der Waals surface area contributed by atoms with Crippen LogP contribution in [0.1, 0.15) is 38.7 Å². The molecule has 0 radical (unpaired) electrons. The fourth-order valence-electron chi connectivity index (χ4n) is 2.89. The number of hydrogen-bond acceptors (Lipinski definition) is 1. The van der Waals surface area contributed by atoms with E-state index in [4.69, 9.17) is 5.73 Å². The highest BCUT2D eigenvalue weighted by atomic mass is 14.5. The highest BCUT2D eigenvalue weighted by Gasteiger charge is 2.32. The van der Waals surface area contributed by atoms with E-state index in [2.05, 4.69) is 50.3 Å². The van der Waals surface area contributed by atoms with Gasteiger partial charge in [0.25, 0.3) is 0 Å². The molecule has 0 heterocycles. The van der Waals surface area contributed by atoms with E-state index in [0.717, 1.165) is 18.9 Å². The monoisotopic (exact) mass is 229 g/mol. The van der Waals surface area contributed by atoms with Crippen molar-refractivity contribution in [3.8, 4) is 0 Å². The summed E-state index contributed by atoms with van der Waals surface area (Å²) < 4.78 is 0. The summed E-state index contributed by atoms with van der Waals surface area (Å²) in [6, 6.07) is 10.7. The zero-order chi connectivity index (χ0) is 12.3. The smallest absolute Gasteiger partial charge is 0.00743 e. The van der Waals surface area contributed by atoms with E-state index in [1.54, 1.807) is 0 Å². The fourth-order valence-corrected chi connectivity index (χ4v) is 2.89. The Kier molecular flexibility index (Phi) is 3.68. The molecule has 1 aromatic carbocycles. The lowest BCUT2D eigenvalue weighted by Gasteiger charge is -2.38. The molecule has 92 valence electrons. The molecule has 1 aliphatic rings. The third-order valence-corrected chi connectivity index (χ3v) is 4.06. The van der Waals surface area contributed by atoms with Gasteiger partial charge in [-0.15, -0.1) is 0 Å². The standard InChI is InChI=1S/C16H23N/c1-16(2)12-14(8-9-15(16)10-11-17)13-6-4-3-5-7-13/h3-8,15H,9-12,17H2,1-2H3. The summed E-state index contributed by atoms with van der Waals surface area (Å²) in [5, 5.41) is 0. The third kappa shape index (κ3) is 2.78. The zero-order valence-corrected chi connectivity index (χ0v) is 10.9. The molecule has 0 spiro atoms. The maximum Gasteiger partial charge on any atom is -0.00743 e. The first kappa shape index (κ1) is 12.4. The van der Waals surface area contributed by atoms with Gasteiger partial charge in [0.1, 0.15) is 0 Å². The van der Waals surface area contributed by atoms with Crippen molar-refractivity contribution in [2.24, 2.45) is 17.1 Å². The maximum atomic E-state index is 5.71. The average Bonchev–Trinajstić information content (AvgIpc) is 2.33. The summed E-state index contributed by atoms with van der Waals surface area (Å²) in [6.45, 7) is 5.56. The minimum absolute atomic E-state index is 0.374. The van der Waals surface area contributed by atoms with Crippen LogP contribution in [0.3, 0.4) is 0 Å². The number of allylic oxidation sites excluding steroid dienone is 2. The zero-order valence-electron chi connectivity index (χ0n) is 10.9. The third-order valence-electron chi connectivity index (χ3n) is 4.06. The number of nitrogens with two attached hydrogens (primary N) is 1. The van der Waals surface area contributed by atoms with Crippen molar-refractivity contribution in [3.63, 3.8) is 0 Å². The van der Waals surface area contributed by atoms with Gasteiger partial charge in [0.2, 0.25) is 0 Å². The molecule has 1 nitrogen and oxygen atoms in total. The molecule has 0 aromatic heterocycles. The van der Waals surface area contributed by atoms with Crippen LogP contribution in [-0.4, -0.2) is 6.54 Å². The molecule has 1 aliphatic carbocycles. The van der Waals surface area contributed by atoms with Crippen molar-refractivity contribution in [1.82, 2.24) is 0 Å². The Morgan fingerprint density at radius 2 is 1.94 bits per heavy atom. The van der Waals surface area contributed by atoms with Gasteiger partial charge in [-0.25, -0.2) is 0 Å². The largest absolute Gasteiger partial charge is 0.330 e. The second-order valence-electron chi connectivity index (χ2n) is 5.77. The second kappa shape index (κ2) is 5.05. The van der Waals surface area contributed by atoms with Crippen LogP contribution < -0.4 is 5.73 Å². The van der Waals surface area contributed by atoms with E-state index in [9.17, 15) is 0 Å². The van der Waals surface area contributed by atoms with Gasteiger partial charge in [-0.1, -0.05) is 50.3 Å². The molecule has 1 unspecified atom stereocenters. The van der Waals surface area contributed by atoms with Crippen molar-refractivity contribution in [1.29, 1.82) is 0 Å². The Morgan fingerprint density at radius 1 is 1.24 bits per heavy atom. The van der Waals surface area contributed by atoms with Crippen LogP contribution in [0, 0.1) is 11.3 Å². The minimum Gasteiger partial charge on any atom is -0.330 e. The number of hydrogen-bond donors (Lipinski definition) is 1. The second-order valence-corrected chi connectivity index (χ2v) is 5.77. The Hall–Kier alpha value is -1.08. The first-order valence-corrected chi connectivity index (χ1v) is 6.58. The Balaban J connectivity index is 2.19. The van der Waals surface area contributed by atoms with Gasteiger partial charge >= 0.3 is 0 Å². The normalized spacial score (nSPS) is 23.2. The molecule has 2 rings (SSSR count). The predicted octanol–water partition coefficient (Wildman–Crippen LogP) is 3.86. The molecule has 0 fully saturated rings. The maximum absolute atomic E-state index is 5.71. The first-order chi connectivity index (χ1) is 8.13. The summed E-state index contributed by atoms with van der Waals surface area (Å²) in [6.07, 6.45) is 5.91. The van der Waals surface area contributed by atoms with Crippen LogP contribution in [0.25, 0.3) is 5.57 Å². The summed E-state index contributed by atoms with van der Waals surface area (Å²) in [5.74, 6) is 0.736. The molecule has 2 N–H and O–H groups in total. The van der Waals surface area contributed by atoms with Gasteiger partial charge in [0, 0.05) is 0 Å². The molecule has 17 heavy (non-hydrogen) atoms. The molecule has 1 atom stereocenters. The van der Waals surface area contributed by atoms with Crippen LogP contribution in [0.2, 0.25) is 0 Å². The Morgan fingerprint density at radius 3 is 2.53 bits per heavy atom. The van der Waals surface area contributed by atoms with Crippen LogP contribution >= 0.6 is 0 Å². The molecule has 1 aromatic rings. The predicted molar refractivity (Wildman–Crippen MR) is 74.6 cm³/mol. The average molecular weight is 229 g/mol. The quantitative estimate of drug-likeness (QED) is 0.837. The van der Waals surface area contributed by atoms with Crippen molar-refractivity contribution >= 4 is 5.57 Å². The highest BCUT2D eigenvalue weighted by Crippen LogP contribution is 2.44. The Bertz CT molecular complexity index is 389. The molecular weight excluding hydrogens is 206 g/mol. The molecule has 1 heteroatoms. The van der Waals surface area contributed by atoms with Gasteiger partial charge in [0.15, 0.2) is 0 Å². The Labute approximate surface area is 105 Å². The summed E-state index contributed by atoms with van der Waals surface area (Å²) in [5.41, 5.74) is 8.96. The van der Waals surface area contributed by atoms with E-state index < -0.39 is 0 Å². The molecule has 0 saturated heterocycles. The lowest BCUT2D eigenvalue weighted by molar-refractivity contribution is 0.201. The first-order valence-electron chi connectivity index (χ1n) is 6.58. The fraction of sp³-hybridized carbons (Fsp3) is 0.500. The van der Waals surface area contributed by atoms with Gasteiger partial charge in [-0.05, 0) is 48.3 Å². The van der Waals surface area contributed by atoms with Crippen LogP contribution in [0.15, 0.2) is 36.4 Å². The molecule has 0 bridgehead atoms. The molecular formula is C16H23N. The van der Waals surface area contributed by atoms with Gasteiger partial charge in [-0.2, -0.15) is 0 Å². The molecule has 0 aliphatic heterocycles. The molecule has 0 amide bonds. The van der Waals surface area contributed by atoms with E-state index in [1.165, 1.54) is 24.0 Å². The highest BCUT2D eigenvalue weighted by molar-refractivity contribution is 5.66. The number of benzene rings is 1. The lowest BCUT2D eigenvalue weighted by Crippen LogP contribution is -2.29. The van der Waals surface area contributed by atoms with Gasteiger partial charge in [0.05, 0.1) is 0 Å². The summed E-state index contributed by atoms with van der Waals surface area (Å²) in [4.78, 5) is 0. The van der Waals surface area contributed by atoms with E-state index in [0.29, 0.717) is 5.41 Å². The van der Waals surface area contributed by atoms with Crippen LogP contribution in [0.4, 0.5) is 0 Å². The van der Waals surface area contributed by atoms with Crippen LogP contribution in [-0.2, 0) is 0 Å². The topological polar surface area (TPSA) is 26.0 Å². The van der Waals surface area contributed by atoms with Crippen LogP contribution in [0.5, 0.6) is 0 Å².